The maximum atomic E-state index is 11.8. The zero-order chi connectivity index (χ0) is 13.1. The Morgan fingerprint density at radius 1 is 1.58 bits per heavy atom. The van der Waals surface area contributed by atoms with Gasteiger partial charge in [0, 0.05) is 12.5 Å². The number of hydrogen-bond acceptors (Lipinski definition) is 4. The first-order chi connectivity index (χ1) is 9.31. The normalized spacial score (nSPS) is 23.4. The SMILES string of the molecule is O=C(Nc1cccs1)N1CC(OCC2CCOC2)C1. The van der Waals surface area contributed by atoms with Crippen LogP contribution < -0.4 is 5.32 Å². The third-order valence-electron chi connectivity index (χ3n) is 3.48. The van der Waals surface area contributed by atoms with Gasteiger partial charge in [0.25, 0.3) is 0 Å². The number of rotatable bonds is 4. The number of likely N-dealkylation sites (tertiary alicyclic amines) is 1. The van der Waals surface area contributed by atoms with E-state index < -0.39 is 0 Å². The van der Waals surface area contributed by atoms with Crippen LogP contribution in [0.1, 0.15) is 6.42 Å². The third-order valence-corrected chi connectivity index (χ3v) is 4.26. The quantitative estimate of drug-likeness (QED) is 0.919. The molecule has 2 aliphatic heterocycles. The maximum absolute atomic E-state index is 11.8. The Bertz CT molecular complexity index is 412. The molecule has 0 saturated carbocycles. The average molecular weight is 282 g/mol. The number of thiophene rings is 1. The Balaban J connectivity index is 1.34. The first-order valence-electron chi connectivity index (χ1n) is 6.60. The molecule has 5 nitrogen and oxygen atoms in total. The molecule has 0 aliphatic carbocycles. The van der Waals surface area contributed by atoms with Crippen LogP contribution in [0.4, 0.5) is 9.80 Å². The van der Waals surface area contributed by atoms with Crippen LogP contribution in [-0.4, -0.2) is 49.9 Å². The molecule has 0 bridgehead atoms. The highest BCUT2D eigenvalue weighted by Gasteiger charge is 2.32. The summed E-state index contributed by atoms with van der Waals surface area (Å²) in [5.74, 6) is 0.536. The van der Waals surface area contributed by atoms with Crippen LogP contribution in [0.15, 0.2) is 17.5 Å². The first-order valence-corrected chi connectivity index (χ1v) is 7.48. The molecule has 3 rings (SSSR count). The van der Waals surface area contributed by atoms with Crippen molar-refractivity contribution in [2.24, 2.45) is 5.92 Å². The summed E-state index contributed by atoms with van der Waals surface area (Å²) in [6.07, 6.45) is 1.28. The van der Waals surface area contributed by atoms with Gasteiger partial charge < -0.3 is 14.4 Å². The van der Waals surface area contributed by atoms with Crippen LogP contribution in [0.5, 0.6) is 0 Å². The van der Waals surface area contributed by atoms with E-state index >= 15 is 0 Å². The number of urea groups is 1. The fraction of sp³-hybridized carbons (Fsp3) is 0.615. The summed E-state index contributed by atoms with van der Waals surface area (Å²) in [6, 6.07) is 3.79. The second kappa shape index (κ2) is 5.90. The van der Waals surface area contributed by atoms with Gasteiger partial charge in [-0.15, -0.1) is 11.3 Å². The zero-order valence-corrected chi connectivity index (χ0v) is 11.5. The lowest BCUT2D eigenvalue weighted by Crippen LogP contribution is -2.56. The van der Waals surface area contributed by atoms with Crippen molar-refractivity contribution >= 4 is 22.4 Å². The van der Waals surface area contributed by atoms with Gasteiger partial charge in [0.1, 0.15) is 0 Å². The van der Waals surface area contributed by atoms with Crippen LogP contribution in [0, 0.1) is 5.92 Å². The second-order valence-electron chi connectivity index (χ2n) is 5.00. The summed E-state index contributed by atoms with van der Waals surface area (Å²) in [6.45, 7) is 3.80. The number of anilines is 1. The molecule has 2 aliphatic rings. The Morgan fingerprint density at radius 3 is 3.16 bits per heavy atom. The van der Waals surface area contributed by atoms with Crippen molar-refractivity contribution in [1.82, 2.24) is 4.90 Å². The van der Waals surface area contributed by atoms with Crippen molar-refractivity contribution in [3.8, 4) is 0 Å². The molecule has 3 heterocycles. The molecule has 2 amide bonds. The Kier molecular flexibility index (Phi) is 4.00. The summed E-state index contributed by atoms with van der Waals surface area (Å²) in [7, 11) is 0. The van der Waals surface area contributed by atoms with Crippen LogP contribution in [-0.2, 0) is 9.47 Å². The van der Waals surface area contributed by atoms with Gasteiger partial charge in [-0.25, -0.2) is 4.79 Å². The molecule has 0 aromatic carbocycles. The van der Waals surface area contributed by atoms with Gasteiger partial charge in [0.05, 0.1) is 37.4 Å². The molecule has 1 atom stereocenters. The van der Waals surface area contributed by atoms with Gasteiger partial charge in [0.2, 0.25) is 0 Å². The molecule has 1 aromatic rings. The molecular weight excluding hydrogens is 264 g/mol. The van der Waals surface area contributed by atoms with Crippen LogP contribution in [0.2, 0.25) is 0 Å². The molecule has 1 aromatic heterocycles. The Morgan fingerprint density at radius 2 is 2.47 bits per heavy atom. The summed E-state index contributed by atoms with van der Waals surface area (Å²) in [4.78, 5) is 13.6. The van der Waals surface area contributed by atoms with Crippen molar-refractivity contribution < 1.29 is 14.3 Å². The monoisotopic (exact) mass is 282 g/mol. The Labute approximate surface area is 116 Å². The number of amides is 2. The summed E-state index contributed by atoms with van der Waals surface area (Å²) < 4.78 is 11.1. The summed E-state index contributed by atoms with van der Waals surface area (Å²) in [5, 5.41) is 5.70. The van der Waals surface area contributed by atoms with Gasteiger partial charge >= 0.3 is 6.03 Å². The van der Waals surface area contributed by atoms with E-state index in [0.29, 0.717) is 19.0 Å². The molecule has 104 valence electrons. The molecule has 0 radical (unpaired) electrons. The third kappa shape index (κ3) is 3.26. The van der Waals surface area contributed by atoms with Gasteiger partial charge in [-0.3, -0.25) is 5.32 Å². The number of carbonyl (C=O) groups excluding carboxylic acids is 1. The van der Waals surface area contributed by atoms with Crippen molar-refractivity contribution in [1.29, 1.82) is 0 Å². The predicted molar refractivity (Wildman–Crippen MR) is 73.6 cm³/mol. The maximum Gasteiger partial charge on any atom is 0.322 e. The molecule has 1 N–H and O–H groups in total. The fourth-order valence-electron chi connectivity index (χ4n) is 2.23. The smallest absolute Gasteiger partial charge is 0.322 e. The second-order valence-corrected chi connectivity index (χ2v) is 5.95. The summed E-state index contributed by atoms with van der Waals surface area (Å²) in [5.41, 5.74) is 0. The lowest BCUT2D eigenvalue weighted by atomic mass is 10.1. The van der Waals surface area contributed by atoms with E-state index in [1.807, 2.05) is 17.5 Å². The molecule has 1 unspecified atom stereocenters. The van der Waals surface area contributed by atoms with Crippen molar-refractivity contribution in [3.05, 3.63) is 17.5 Å². The molecule has 2 saturated heterocycles. The topological polar surface area (TPSA) is 50.8 Å². The van der Waals surface area contributed by atoms with Crippen LogP contribution >= 0.6 is 11.3 Å². The minimum atomic E-state index is -0.0356. The van der Waals surface area contributed by atoms with Gasteiger partial charge in [-0.05, 0) is 23.9 Å². The van der Waals surface area contributed by atoms with E-state index in [-0.39, 0.29) is 12.1 Å². The summed E-state index contributed by atoms with van der Waals surface area (Å²) >= 11 is 1.53. The lowest BCUT2D eigenvalue weighted by molar-refractivity contribution is -0.0468. The number of ether oxygens (including phenoxy) is 2. The molecule has 2 fully saturated rings. The van der Waals surface area contributed by atoms with Crippen molar-refractivity contribution in [2.75, 3.05) is 38.2 Å². The van der Waals surface area contributed by atoms with Crippen molar-refractivity contribution in [3.63, 3.8) is 0 Å². The van der Waals surface area contributed by atoms with E-state index in [1.165, 1.54) is 11.3 Å². The average Bonchev–Trinajstić information content (AvgIpc) is 2.99. The minimum absolute atomic E-state index is 0.0356. The van der Waals surface area contributed by atoms with E-state index in [2.05, 4.69) is 5.32 Å². The number of nitrogens with one attached hydrogen (secondary N) is 1. The number of nitrogens with zero attached hydrogens (tertiary/aromatic N) is 1. The highest BCUT2D eigenvalue weighted by atomic mass is 32.1. The molecular formula is C13H18N2O3S. The fourth-order valence-corrected chi connectivity index (χ4v) is 2.84. The highest BCUT2D eigenvalue weighted by molar-refractivity contribution is 7.14. The lowest BCUT2D eigenvalue weighted by Gasteiger charge is -2.39. The molecule has 0 spiro atoms. The van der Waals surface area contributed by atoms with E-state index in [1.54, 1.807) is 4.90 Å². The van der Waals surface area contributed by atoms with Gasteiger partial charge in [-0.1, -0.05) is 0 Å². The zero-order valence-electron chi connectivity index (χ0n) is 10.7. The van der Waals surface area contributed by atoms with Crippen LogP contribution in [0.3, 0.4) is 0 Å². The highest BCUT2D eigenvalue weighted by Crippen LogP contribution is 2.20. The number of hydrogen-bond donors (Lipinski definition) is 1. The molecule has 6 heteroatoms. The first kappa shape index (κ1) is 12.9. The van der Waals surface area contributed by atoms with Gasteiger partial charge in [-0.2, -0.15) is 0 Å². The van der Waals surface area contributed by atoms with E-state index in [9.17, 15) is 4.79 Å². The predicted octanol–water partition coefficient (Wildman–Crippen LogP) is 2.02. The minimum Gasteiger partial charge on any atom is -0.381 e. The van der Waals surface area contributed by atoms with Gasteiger partial charge in [0.15, 0.2) is 0 Å². The Hall–Kier alpha value is -1.11. The van der Waals surface area contributed by atoms with E-state index in [4.69, 9.17) is 9.47 Å². The standard InChI is InChI=1S/C13H18N2O3S/c16-13(14-12-2-1-5-19-12)15-6-11(7-15)18-9-10-3-4-17-8-10/h1-2,5,10-11H,3-4,6-9H2,(H,14,16). The number of carbonyl (C=O) groups is 1. The van der Waals surface area contributed by atoms with Crippen molar-refractivity contribution in [2.45, 2.75) is 12.5 Å². The molecule has 19 heavy (non-hydrogen) atoms. The largest absolute Gasteiger partial charge is 0.381 e. The van der Waals surface area contributed by atoms with Crippen LogP contribution in [0.25, 0.3) is 0 Å². The van der Waals surface area contributed by atoms with E-state index in [0.717, 1.165) is 31.2 Å².